The fourth-order valence-electron chi connectivity index (χ4n) is 7.29. The van der Waals surface area contributed by atoms with Crippen LogP contribution in [0.1, 0.15) is 19.8 Å². The molecule has 3 aromatic rings. The first-order chi connectivity index (χ1) is 19.6. The van der Waals surface area contributed by atoms with Crippen LogP contribution in [0.4, 0.5) is 34.1 Å². The van der Waals surface area contributed by atoms with Gasteiger partial charge >= 0.3 is 0 Å². The number of anilines is 6. The second kappa shape index (κ2) is 9.99. The molecule has 0 amide bonds. The van der Waals surface area contributed by atoms with Crippen molar-refractivity contribution in [3.63, 3.8) is 0 Å². The van der Waals surface area contributed by atoms with E-state index < -0.39 is 29.4 Å². The van der Waals surface area contributed by atoms with E-state index in [-0.39, 0.29) is 25.2 Å². The average molecular weight is 561 g/mol. The van der Waals surface area contributed by atoms with Crippen molar-refractivity contribution in [2.24, 2.45) is 0 Å². The molecule has 3 fully saturated rings. The number of aliphatic hydroxyl groups is 4. The fourth-order valence-corrected chi connectivity index (χ4v) is 7.29. The topological polar surface area (TPSA) is 169 Å². The first-order valence-electron chi connectivity index (χ1n) is 14.2. The van der Waals surface area contributed by atoms with Gasteiger partial charge in [-0.15, -0.1) is 0 Å². The number of benzene rings is 3. The van der Waals surface area contributed by atoms with Crippen LogP contribution in [0.2, 0.25) is 0 Å². The average Bonchev–Trinajstić information content (AvgIpc) is 2.90. The largest absolute Gasteiger partial charge is 0.399 e. The standard InChI is InChI=1S/C31H40N6O4/c1-30(41)18-36(23-10-4-20(33)5-11-23)31(30,28(39)26-14-15-35(26)22-8-2-19(32)3-9-22)29(40)27-16-25(17-38)37(27)24-12-6-21(34)7-13-24/h2-13,25-29,38-41H,14-18,32-34H2,1H3. The SMILES string of the molecule is CC1(O)CN(c2ccc(N)cc2)C1(C(O)C1CCN1c1ccc(N)cc1)C(O)C1CC(CO)N1c1ccc(N)cc1. The van der Waals surface area contributed by atoms with E-state index in [1.807, 2.05) is 58.3 Å². The normalized spacial score (nSPS) is 30.7. The van der Waals surface area contributed by atoms with Crippen molar-refractivity contribution in [2.45, 2.75) is 61.2 Å². The quantitative estimate of drug-likeness (QED) is 0.200. The molecule has 10 heteroatoms. The third-order valence-electron chi connectivity index (χ3n) is 9.57. The van der Waals surface area contributed by atoms with Crippen LogP contribution in [0.3, 0.4) is 0 Å². The molecule has 3 saturated heterocycles. The van der Waals surface area contributed by atoms with Gasteiger partial charge in [-0.3, -0.25) is 0 Å². The van der Waals surface area contributed by atoms with E-state index in [2.05, 4.69) is 4.90 Å². The second-order valence-electron chi connectivity index (χ2n) is 11.9. The lowest BCUT2D eigenvalue weighted by molar-refractivity contribution is -0.192. The van der Waals surface area contributed by atoms with E-state index in [1.54, 1.807) is 31.2 Å². The summed E-state index contributed by atoms with van der Waals surface area (Å²) in [5.74, 6) is 0. The summed E-state index contributed by atoms with van der Waals surface area (Å²) in [5, 5.41) is 46.9. The van der Waals surface area contributed by atoms with Gasteiger partial charge < -0.3 is 52.3 Å². The molecule has 3 aliphatic heterocycles. The summed E-state index contributed by atoms with van der Waals surface area (Å²) in [6.45, 7) is 2.55. The highest BCUT2D eigenvalue weighted by Gasteiger charge is 2.73. The predicted octanol–water partition coefficient (Wildman–Crippen LogP) is 1.38. The maximum Gasteiger partial charge on any atom is 0.126 e. The lowest BCUT2D eigenvalue weighted by Crippen LogP contribution is -2.91. The van der Waals surface area contributed by atoms with Crippen LogP contribution in [-0.4, -0.2) is 81.6 Å². The molecule has 7 atom stereocenters. The summed E-state index contributed by atoms with van der Waals surface area (Å²) < 4.78 is 0. The van der Waals surface area contributed by atoms with Gasteiger partial charge in [0.2, 0.25) is 0 Å². The Kier molecular flexibility index (Phi) is 6.69. The lowest BCUT2D eigenvalue weighted by atomic mass is 9.58. The molecule has 41 heavy (non-hydrogen) atoms. The number of hydrogen-bond donors (Lipinski definition) is 7. The second-order valence-corrected chi connectivity index (χ2v) is 11.9. The van der Waals surface area contributed by atoms with E-state index in [9.17, 15) is 20.4 Å². The highest BCUT2D eigenvalue weighted by atomic mass is 16.3. The van der Waals surface area contributed by atoms with Gasteiger partial charge in [-0.05, 0) is 92.6 Å². The molecule has 0 bridgehead atoms. The van der Waals surface area contributed by atoms with Gasteiger partial charge in [0.15, 0.2) is 0 Å². The number of aliphatic hydroxyl groups excluding tert-OH is 3. The van der Waals surface area contributed by atoms with Gasteiger partial charge in [-0.1, -0.05) is 0 Å². The molecule has 0 aliphatic carbocycles. The first kappa shape index (κ1) is 27.5. The van der Waals surface area contributed by atoms with Crippen molar-refractivity contribution < 1.29 is 20.4 Å². The number of hydrogen-bond acceptors (Lipinski definition) is 10. The molecule has 0 radical (unpaired) electrons. The van der Waals surface area contributed by atoms with E-state index in [4.69, 9.17) is 17.2 Å². The zero-order chi connectivity index (χ0) is 29.1. The molecule has 6 rings (SSSR count). The van der Waals surface area contributed by atoms with Gasteiger partial charge in [0.05, 0.1) is 24.7 Å². The molecule has 10 N–H and O–H groups in total. The summed E-state index contributed by atoms with van der Waals surface area (Å²) in [6.07, 6.45) is -1.13. The fraction of sp³-hybridized carbons (Fsp3) is 0.419. The Labute approximate surface area is 240 Å². The van der Waals surface area contributed by atoms with Crippen LogP contribution in [0.5, 0.6) is 0 Å². The third-order valence-corrected chi connectivity index (χ3v) is 9.57. The minimum atomic E-state index is -1.46. The van der Waals surface area contributed by atoms with Gasteiger partial charge in [0.25, 0.3) is 0 Å². The highest BCUT2D eigenvalue weighted by molar-refractivity contribution is 5.64. The molecule has 3 aliphatic rings. The number of nitrogen functional groups attached to an aromatic ring is 3. The van der Waals surface area contributed by atoms with Gasteiger partial charge in [0.1, 0.15) is 23.3 Å². The number of nitrogens with zero attached hydrogens (tertiary/aromatic N) is 3. The minimum absolute atomic E-state index is 0.0885. The van der Waals surface area contributed by atoms with E-state index in [0.29, 0.717) is 29.9 Å². The molecule has 0 saturated carbocycles. The Hall–Kier alpha value is -3.70. The van der Waals surface area contributed by atoms with Gasteiger partial charge in [-0.2, -0.15) is 0 Å². The first-order valence-corrected chi connectivity index (χ1v) is 14.2. The molecule has 218 valence electrons. The molecule has 10 nitrogen and oxygen atoms in total. The zero-order valence-electron chi connectivity index (χ0n) is 23.2. The summed E-state index contributed by atoms with van der Waals surface area (Å²) in [4.78, 5) is 6.00. The van der Waals surface area contributed by atoms with E-state index >= 15 is 0 Å². The molecule has 3 aromatic carbocycles. The van der Waals surface area contributed by atoms with Crippen LogP contribution in [0, 0.1) is 0 Å². The van der Waals surface area contributed by atoms with Crippen molar-refractivity contribution >= 4 is 34.1 Å². The number of rotatable bonds is 8. The van der Waals surface area contributed by atoms with Crippen molar-refractivity contribution in [3.8, 4) is 0 Å². The summed E-state index contributed by atoms with van der Waals surface area (Å²) in [6, 6.07) is 21.0. The molecular weight excluding hydrogens is 520 g/mol. The maximum absolute atomic E-state index is 12.4. The lowest BCUT2D eigenvalue weighted by Gasteiger charge is -2.71. The number of nitrogens with two attached hydrogens (primary N) is 3. The maximum atomic E-state index is 12.4. The molecule has 7 unspecified atom stereocenters. The van der Waals surface area contributed by atoms with Crippen LogP contribution < -0.4 is 31.9 Å². The highest BCUT2D eigenvalue weighted by Crippen LogP contribution is 2.53. The summed E-state index contributed by atoms with van der Waals surface area (Å²) in [5.41, 5.74) is 19.3. The molecular formula is C31H40N6O4. The number of β-amino-alcohol motifs (C(OH)–C–C–N with tert-alkyl or cyclic N) is 1. The third kappa shape index (κ3) is 4.16. The smallest absolute Gasteiger partial charge is 0.126 e. The Morgan fingerprint density at radius 1 is 0.780 bits per heavy atom. The van der Waals surface area contributed by atoms with Crippen LogP contribution >= 0.6 is 0 Å². The summed E-state index contributed by atoms with van der Waals surface area (Å²) in [7, 11) is 0. The van der Waals surface area contributed by atoms with E-state index in [0.717, 1.165) is 23.6 Å². The Balaban J connectivity index is 1.42. The monoisotopic (exact) mass is 560 g/mol. The van der Waals surface area contributed by atoms with Crippen molar-refractivity contribution in [3.05, 3.63) is 72.8 Å². The van der Waals surface area contributed by atoms with Gasteiger partial charge in [0, 0.05) is 47.2 Å². The van der Waals surface area contributed by atoms with E-state index in [1.165, 1.54) is 0 Å². The van der Waals surface area contributed by atoms with Crippen molar-refractivity contribution in [1.29, 1.82) is 0 Å². The Morgan fingerprint density at radius 3 is 1.73 bits per heavy atom. The molecule has 0 spiro atoms. The minimum Gasteiger partial charge on any atom is -0.399 e. The Morgan fingerprint density at radius 2 is 1.27 bits per heavy atom. The molecule has 0 aromatic heterocycles. The van der Waals surface area contributed by atoms with Crippen LogP contribution in [-0.2, 0) is 0 Å². The predicted molar refractivity (Wildman–Crippen MR) is 163 cm³/mol. The van der Waals surface area contributed by atoms with Crippen molar-refractivity contribution in [2.75, 3.05) is 51.6 Å². The van der Waals surface area contributed by atoms with Crippen LogP contribution in [0.15, 0.2) is 72.8 Å². The molecule has 3 heterocycles. The van der Waals surface area contributed by atoms with Crippen LogP contribution in [0.25, 0.3) is 0 Å². The van der Waals surface area contributed by atoms with Gasteiger partial charge in [-0.25, -0.2) is 0 Å². The van der Waals surface area contributed by atoms with Crippen molar-refractivity contribution in [1.82, 2.24) is 0 Å². The zero-order valence-corrected chi connectivity index (χ0v) is 23.2. The summed E-state index contributed by atoms with van der Waals surface area (Å²) >= 11 is 0. The Bertz CT molecular complexity index is 1370.